The highest BCUT2D eigenvalue weighted by Gasteiger charge is 2.19. The van der Waals surface area contributed by atoms with Crippen molar-refractivity contribution < 1.29 is 13.5 Å². The average Bonchev–Trinajstić information content (AvgIpc) is 2.36. The average molecular weight is 259 g/mol. The van der Waals surface area contributed by atoms with Crippen LogP contribution in [-0.2, 0) is 11.3 Å². The molecule has 6 heteroatoms. The highest BCUT2D eigenvalue weighted by Crippen LogP contribution is 2.24. The minimum absolute atomic E-state index is 0.215. The van der Waals surface area contributed by atoms with Crippen molar-refractivity contribution in [1.82, 2.24) is 15.3 Å². The van der Waals surface area contributed by atoms with Crippen LogP contribution in [0.3, 0.4) is 0 Å². The number of ether oxygens (including phenoxy) is 1. The van der Waals surface area contributed by atoms with Crippen molar-refractivity contribution in [2.24, 2.45) is 0 Å². The molecule has 1 N–H and O–H groups in total. The van der Waals surface area contributed by atoms with Crippen LogP contribution in [0.15, 0.2) is 6.20 Å². The lowest BCUT2D eigenvalue weighted by Crippen LogP contribution is -2.14. The molecule has 4 nitrogen and oxygen atoms in total. The number of halogens is 2. The number of nitrogens with zero attached hydrogens (tertiary/aromatic N) is 2. The van der Waals surface area contributed by atoms with E-state index in [2.05, 4.69) is 15.3 Å². The van der Waals surface area contributed by atoms with Crippen molar-refractivity contribution in [3.8, 4) is 0 Å². The van der Waals surface area contributed by atoms with Gasteiger partial charge in [0.15, 0.2) is 5.82 Å². The van der Waals surface area contributed by atoms with Crippen molar-refractivity contribution in [1.29, 1.82) is 0 Å². The molecular formula is C12H19F2N3O. The van der Waals surface area contributed by atoms with Crippen LogP contribution >= 0.6 is 0 Å². The smallest absolute Gasteiger partial charge is 0.280 e. The maximum atomic E-state index is 12.9. The maximum absolute atomic E-state index is 12.9. The van der Waals surface area contributed by atoms with E-state index in [1.54, 1.807) is 7.05 Å². The summed E-state index contributed by atoms with van der Waals surface area (Å²) in [5.74, 6) is 0.328. The number of aromatic nitrogens is 2. The van der Waals surface area contributed by atoms with Gasteiger partial charge in [0.1, 0.15) is 11.8 Å². The Labute approximate surface area is 106 Å². The summed E-state index contributed by atoms with van der Waals surface area (Å²) in [7, 11) is 1.69. The minimum Gasteiger partial charge on any atom is -0.371 e. The van der Waals surface area contributed by atoms with Crippen molar-refractivity contribution in [2.45, 2.75) is 39.3 Å². The van der Waals surface area contributed by atoms with Crippen LogP contribution in [-0.4, -0.2) is 23.6 Å². The fraction of sp³-hybridized carbons (Fsp3) is 0.667. The summed E-state index contributed by atoms with van der Waals surface area (Å²) in [6, 6.07) is 0. The van der Waals surface area contributed by atoms with E-state index >= 15 is 0 Å². The van der Waals surface area contributed by atoms with Crippen LogP contribution in [0.2, 0.25) is 0 Å². The van der Waals surface area contributed by atoms with E-state index in [1.807, 2.05) is 13.8 Å². The van der Waals surface area contributed by atoms with Crippen LogP contribution in [0.25, 0.3) is 0 Å². The molecule has 102 valence electrons. The van der Waals surface area contributed by atoms with E-state index in [9.17, 15) is 8.78 Å². The van der Waals surface area contributed by atoms with Gasteiger partial charge in [-0.15, -0.1) is 0 Å². The van der Waals surface area contributed by atoms with Gasteiger partial charge >= 0.3 is 0 Å². The molecule has 0 amide bonds. The second kappa shape index (κ2) is 7.33. The summed E-state index contributed by atoms with van der Waals surface area (Å²) in [5, 5.41) is 2.82. The second-order valence-electron chi connectivity index (χ2n) is 3.82. The zero-order chi connectivity index (χ0) is 13.5. The Hall–Kier alpha value is -1.14. The molecule has 1 aromatic rings. The summed E-state index contributed by atoms with van der Waals surface area (Å²) < 4.78 is 31.3. The van der Waals surface area contributed by atoms with E-state index < -0.39 is 6.43 Å². The van der Waals surface area contributed by atoms with E-state index in [-0.39, 0.29) is 11.8 Å². The summed E-state index contributed by atoms with van der Waals surface area (Å²) in [4.78, 5) is 8.08. The Kier molecular flexibility index (Phi) is 6.07. The van der Waals surface area contributed by atoms with Crippen LogP contribution in [0.4, 0.5) is 8.78 Å². The Morgan fingerprint density at radius 2 is 2.11 bits per heavy atom. The van der Waals surface area contributed by atoms with Crippen LogP contribution in [0, 0.1) is 0 Å². The molecule has 0 aliphatic rings. The number of nitrogens with one attached hydrogen (secondary N) is 1. The van der Waals surface area contributed by atoms with Gasteiger partial charge < -0.3 is 10.1 Å². The third-order valence-electron chi connectivity index (χ3n) is 2.52. The van der Waals surface area contributed by atoms with E-state index in [1.165, 1.54) is 6.20 Å². The predicted molar refractivity (Wildman–Crippen MR) is 64.4 cm³/mol. The molecule has 1 unspecified atom stereocenters. The number of rotatable bonds is 7. The van der Waals surface area contributed by atoms with Gasteiger partial charge in [0.05, 0.1) is 0 Å². The van der Waals surface area contributed by atoms with Gasteiger partial charge in [-0.1, -0.05) is 6.92 Å². The molecule has 1 heterocycles. The van der Waals surface area contributed by atoms with E-state index in [0.717, 1.165) is 0 Å². The molecule has 0 aromatic carbocycles. The quantitative estimate of drug-likeness (QED) is 0.817. The summed E-state index contributed by atoms with van der Waals surface area (Å²) in [6.07, 6.45) is -0.824. The zero-order valence-electron chi connectivity index (χ0n) is 10.9. The molecule has 18 heavy (non-hydrogen) atoms. The van der Waals surface area contributed by atoms with Crippen LogP contribution < -0.4 is 5.32 Å². The van der Waals surface area contributed by atoms with E-state index in [4.69, 9.17) is 4.74 Å². The fourth-order valence-corrected chi connectivity index (χ4v) is 1.68. The molecule has 0 aliphatic carbocycles. The first-order valence-corrected chi connectivity index (χ1v) is 6.04. The molecule has 0 saturated heterocycles. The monoisotopic (exact) mass is 259 g/mol. The number of alkyl halides is 2. The lowest BCUT2D eigenvalue weighted by molar-refractivity contribution is 0.0523. The highest BCUT2D eigenvalue weighted by molar-refractivity contribution is 5.19. The highest BCUT2D eigenvalue weighted by atomic mass is 19.3. The largest absolute Gasteiger partial charge is 0.371 e. The molecular weight excluding hydrogens is 240 g/mol. The van der Waals surface area contributed by atoms with Gasteiger partial charge in [-0.3, -0.25) is 0 Å². The van der Waals surface area contributed by atoms with Crippen molar-refractivity contribution in [2.75, 3.05) is 13.7 Å². The molecule has 0 radical (unpaired) electrons. The molecule has 1 rings (SSSR count). The number of hydrogen-bond donors (Lipinski definition) is 1. The van der Waals surface area contributed by atoms with Crippen molar-refractivity contribution in [3.63, 3.8) is 0 Å². The zero-order valence-corrected chi connectivity index (χ0v) is 10.9. The van der Waals surface area contributed by atoms with Gasteiger partial charge in [0.2, 0.25) is 0 Å². The summed E-state index contributed by atoms with van der Waals surface area (Å²) in [5.41, 5.74) is 0.204. The molecule has 0 spiro atoms. The Bertz CT molecular complexity index is 374. The predicted octanol–water partition coefficient (Wildman–Crippen LogP) is 2.62. The molecule has 1 atom stereocenters. The third-order valence-corrected chi connectivity index (χ3v) is 2.52. The first kappa shape index (κ1) is 14.9. The van der Waals surface area contributed by atoms with Gasteiger partial charge in [-0.2, -0.15) is 0 Å². The molecule has 0 saturated carbocycles. The van der Waals surface area contributed by atoms with Gasteiger partial charge in [0, 0.05) is 24.9 Å². The van der Waals surface area contributed by atoms with Gasteiger partial charge in [0.25, 0.3) is 6.43 Å². The van der Waals surface area contributed by atoms with Crippen LogP contribution in [0.1, 0.15) is 49.9 Å². The number of hydrogen-bond acceptors (Lipinski definition) is 4. The first-order chi connectivity index (χ1) is 8.63. The Balaban J connectivity index is 3.05. The standard InChI is InChI=1S/C12H19F2N3O/c1-4-9(18-5-2)12-16-7-8(6-15-3)10(17-12)11(13)14/h7,9,11,15H,4-6H2,1-3H3. The molecule has 0 aliphatic heterocycles. The molecule has 1 aromatic heterocycles. The normalized spacial score (nSPS) is 13.0. The van der Waals surface area contributed by atoms with E-state index in [0.29, 0.717) is 31.0 Å². The topological polar surface area (TPSA) is 47.0 Å². The lowest BCUT2D eigenvalue weighted by Gasteiger charge is -2.15. The molecule has 0 bridgehead atoms. The second-order valence-corrected chi connectivity index (χ2v) is 3.82. The molecule has 0 fully saturated rings. The summed E-state index contributed by atoms with van der Waals surface area (Å²) in [6.45, 7) is 4.59. The lowest BCUT2D eigenvalue weighted by atomic mass is 10.2. The van der Waals surface area contributed by atoms with Crippen LogP contribution in [0.5, 0.6) is 0 Å². The van der Waals surface area contributed by atoms with Crippen molar-refractivity contribution >= 4 is 0 Å². The maximum Gasteiger partial charge on any atom is 0.280 e. The SMILES string of the molecule is CCOC(CC)c1ncc(CNC)c(C(F)F)n1. The Morgan fingerprint density at radius 3 is 2.61 bits per heavy atom. The Morgan fingerprint density at radius 1 is 1.39 bits per heavy atom. The van der Waals surface area contributed by atoms with Crippen molar-refractivity contribution in [3.05, 3.63) is 23.3 Å². The first-order valence-electron chi connectivity index (χ1n) is 6.04. The third kappa shape index (κ3) is 3.68. The fourth-order valence-electron chi connectivity index (χ4n) is 1.68. The van der Waals surface area contributed by atoms with Gasteiger partial charge in [-0.25, -0.2) is 18.7 Å². The summed E-state index contributed by atoms with van der Waals surface area (Å²) >= 11 is 0. The van der Waals surface area contributed by atoms with Gasteiger partial charge in [-0.05, 0) is 20.4 Å². The minimum atomic E-state index is -2.60.